The number of benzene rings is 2. The van der Waals surface area contributed by atoms with Crippen LogP contribution in [0.4, 0.5) is 10.5 Å². The molecule has 4 rings (SSSR count). The highest BCUT2D eigenvalue weighted by Crippen LogP contribution is 2.39. The Morgan fingerprint density at radius 2 is 1.73 bits per heavy atom. The lowest BCUT2D eigenvalue weighted by molar-refractivity contribution is -0.139. The molecule has 2 aliphatic heterocycles. The van der Waals surface area contributed by atoms with Crippen molar-refractivity contribution in [2.45, 2.75) is 38.6 Å². The third-order valence-corrected chi connectivity index (χ3v) is 7.27. The highest BCUT2D eigenvalue weighted by molar-refractivity contribution is 9.11. The Balaban J connectivity index is 1.57. The number of carbonyl (C=O) groups excluding carboxylic acids is 2. The van der Waals surface area contributed by atoms with Gasteiger partial charge in [0.1, 0.15) is 6.54 Å². The first-order valence-corrected chi connectivity index (χ1v) is 11.8. The number of hydrogen-bond donors (Lipinski definition) is 1. The molecule has 0 aliphatic carbocycles. The fourth-order valence-corrected chi connectivity index (χ4v) is 5.76. The molecule has 2 aromatic carbocycles. The Kier molecular flexibility index (Phi) is 5.95. The van der Waals surface area contributed by atoms with Gasteiger partial charge in [-0.3, -0.25) is 4.79 Å². The number of piperazine rings is 1. The van der Waals surface area contributed by atoms with Crippen LogP contribution in [0.1, 0.15) is 55.3 Å². The van der Waals surface area contributed by atoms with Crippen LogP contribution in [0.5, 0.6) is 0 Å². The van der Waals surface area contributed by atoms with E-state index in [0.29, 0.717) is 30.6 Å². The molecule has 0 saturated carbocycles. The maximum Gasteiger partial charge on any atom is 0.322 e. The first-order chi connectivity index (χ1) is 14.3. The van der Waals surface area contributed by atoms with E-state index in [4.69, 9.17) is 0 Å². The molecule has 2 aliphatic rings. The van der Waals surface area contributed by atoms with Crippen molar-refractivity contribution in [2.75, 3.05) is 25.0 Å². The normalized spacial score (nSPS) is 20.8. The molecule has 2 heterocycles. The van der Waals surface area contributed by atoms with E-state index >= 15 is 0 Å². The van der Waals surface area contributed by atoms with Crippen molar-refractivity contribution < 1.29 is 9.59 Å². The van der Waals surface area contributed by atoms with Gasteiger partial charge in [-0.2, -0.15) is 0 Å². The van der Waals surface area contributed by atoms with Gasteiger partial charge in [-0.25, -0.2) is 4.79 Å². The minimum Gasteiger partial charge on any atom is -0.332 e. The number of rotatable bonds is 2. The van der Waals surface area contributed by atoms with E-state index in [1.54, 1.807) is 4.90 Å². The number of halogens is 2. The Bertz CT molecular complexity index is 985. The summed E-state index contributed by atoms with van der Waals surface area (Å²) in [6, 6.07) is 11.9. The Morgan fingerprint density at radius 1 is 1.10 bits per heavy atom. The maximum absolute atomic E-state index is 13.1. The molecule has 2 aromatic rings. The number of hydrogen-bond acceptors (Lipinski definition) is 2. The Labute approximate surface area is 194 Å². The molecule has 2 atom stereocenters. The van der Waals surface area contributed by atoms with Gasteiger partial charge >= 0.3 is 6.03 Å². The highest BCUT2D eigenvalue weighted by atomic mass is 79.9. The predicted octanol–water partition coefficient (Wildman–Crippen LogP) is 5.87. The van der Waals surface area contributed by atoms with E-state index in [0.717, 1.165) is 14.5 Å². The molecule has 0 bridgehead atoms. The first kappa shape index (κ1) is 21.4. The average Bonchev–Trinajstić information content (AvgIpc) is 2.71. The Morgan fingerprint density at radius 3 is 2.37 bits per heavy atom. The van der Waals surface area contributed by atoms with Gasteiger partial charge in [0, 0.05) is 22.0 Å². The van der Waals surface area contributed by atoms with Crippen molar-refractivity contribution in [3.8, 4) is 0 Å². The second kappa shape index (κ2) is 8.35. The number of nitrogens with one attached hydrogen (secondary N) is 1. The molecular formula is C23H25Br2N3O2. The van der Waals surface area contributed by atoms with Crippen molar-refractivity contribution >= 4 is 49.5 Å². The van der Waals surface area contributed by atoms with E-state index in [2.05, 4.69) is 70.1 Å². The fourth-order valence-electron chi connectivity index (χ4n) is 4.34. The van der Waals surface area contributed by atoms with Crippen LogP contribution in [-0.2, 0) is 4.79 Å². The molecule has 3 amide bonds. The topological polar surface area (TPSA) is 52.7 Å². The number of urea groups is 1. The summed E-state index contributed by atoms with van der Waals surface area (Å²) in [5.74, 6) is 0.672. The second-order valence-electron chi connectivity index (χ2n) is 8.42. The zero-order chi connectivity index (χ0) is 21.6. The van der Waals surface area contributed by atoms with E-state index in [1.807, 2.05) is 29.2 Å². The van der Waals surface area contributed by atoms with Crippen molar-refractivity contribution in [3.05, 3.63) is 62.0 Å². The number of nitrogens with zero attached hydrogens (tertiary/aromatic N) is 2. The molecule has 1 fully saturated rings. The predicted molar refractivity (Wildman–Crippen MR) is 126 cm³/mol. The van der Waals surface area contributed by atoms with Crippen molar-refractivity contribution in [2.24, 2.45) is 0 Å². The lowest BCUT2D eigenvalue weighted by Gasteiger charge is -2.46. The van der Waals surface area contributed by atoms with E-state index in [1.165, 1.54) is 11.1 Å². The maximum atomic E-state index is 13.1. The monoisotopic (exact) mass is 533 g/mol. The zero-order valence-electron chi connectivity index (χ0n) is 17.3. The highest BCUT2D eigenvalue weighted by Gasteiger charge is 2.40. The summed E-state index contributed by atoms with van der Waals surface area (Å²) in [6.45, 7) is 7.68. The van der Waals surface area contributed by atoms with Crippen molar-refractivity contribution in [1.82, 2.24) is 9.80 Å². The quantitative estimate of drug-likeness (QED) is 0.524. The molecular weight excluding hydrogens is 510 g/mol. The molecule has 0 aromatic heterocycles. The van der Waals surface area contributed by atoms with Gasteiger partial charge < -0.3 is 15.1 Å². The summed E-state index contributed by atoms with van der Waals surface area (Å²) >= 11 is 7.15. The van der Waals surface area contributed by atoms with E-state index in [9.17, 15) is 9.59 Å². The smallest absolute Gasteiger partial charge is 0.322 e. The standard InChI is InChI=1S/C23H25Br2N3O2/c1-13(2)15-8-18(24)22(19(25)9-15)26-23(30)27-11-20-17-7-5-4-6-16(17)14(3)10-28(20)21(29)12-27/h4-9,13-14,20H,10-12H2,1-3H3,(H,26,30)/t14-,20+/m0/s1. The molecule has 0 unspecified atom stereocenters. The van der Waals surface area contributed by atoms with Gasteiger partial charge in [-0.1, -0.05) is 45.0 Å². The van der Waals surface area contributed by atoms with Gasteiger partial charge in [0.25, 0.3) is 0 Å². The van der Waals surface area contributed by atoms with Crippen LogP contribution in [0.25, 0.3) is 0 Å². The molecule has 5 nitrogen and oxygen atoms in total. The minimum absolute atomic E-state index is 0.00367. The SMILES string of the molecule is CC(C)c1cc(Br)c(NC(=O)N2CC(=O)N3C[C@H](C)c4ccccc4[C@H]3C2)c(Br)c1. The van der Waals surface area contributed by atoms with Crippen LogP contribution in [0, 0.1) is 0 Å². The summed E-state index contributed by atoms with van der Waals surface area (Å²) in [5.41, 5.74) is 4.26. The van der Waals surface area contributed by atoms with Crippen LogP contribution < -0.4 is 5.32 Å². The van der Waals surface area contributed by atoms with Gasteiger partial charge in [-0.05, 0) is 72.5 Å². The van der Waals surface area contributed by atoms with Gasteiger partial charge in [0.15, 0.2) is 0 Å². The van der Waals surface area contributed by atoms with Crippen molar-refractivity contribution in [3.63, 3.8) is 0 Å². The molecule has 0 spiro atoms. The first-order valence-electron chi connectivity index (χ1n) is 10.2. The summed E-state index contributed by atoms with van der Waals surface area (Å²) < 4.78 is 1.63. The molecule has 30 heavy (non-hydrogen) atoms. The largest absolute Gasteiger partial charge is 0.332 e. The van der Waals surface area contributed by atoms with Crippen LogP contribution in [-0.4, -0.2) is 41.4 Å². The lowest BCUT2D eigenvalue weighted by Crippen LogP contribution is -2.56. The fraction of sp³-hybridized carbons (Fsp3) is 0.391. The zero-order valence-corrected chi connectivity index (χ0v) is 20.5. The Hall–Kier alpha value is -1.86. The van der Waals surface area contributed by atoms with Crippen LogP contribution in [0.3, 0.4) is 0 Å². The second-order valence-corrected chi connectivity index (χ2v) is 10.1. The minimum atomic E-state index is -0.266. The molecule has 0 radical (unpaired) electrons. The van der Waals surface area contributed by atoms with E-state index < -0.39 is 0 Å². The molecule has 1 saturated heterocycles. The number of fused-ring (bicyclic) bond motifs is 3. The van der Waals surface area contributed by atoms with Crippen LogP contribution >= 0.6 is 31.9 Å². The summed E-state index contributed by atoms with van der Waals surface area (Å²) in [5, 5.41) is 2.99. The number of carbonyl (C=O) groups is 2. The van der Waals surface area contributed by atoms with E-state index in [-0.39, 0.29) is 24.5 Å². The molecule has 1 N–H and O–H groups in total. The average molecular weight is 535 g/mol. The third-order valence-electron chi connectivity index (χ3n) is 6.02. The van der Waals surface area contributed by atoms with Crippen LogP contribution in [0.15, 0.2) is 45.3 Å². The van der Waals surface area contributed by atoms with Gasteiger partial charge in [0.05, 0.1) is 11.7 Å². The third kappa shape index (κ3) is 3.89. The summed E-state index contributed by atoms with van der Waals surface area (Å²) in [6.07, 6.45) is 0. The number of amides is 3. The van der Waals surface area contributed by atoms with Crippen LogP contribution in [0.2, 0.25) is 0 Å². The van der Waals surface area contributed by atoms with Gasteiger partial charge in [-0.15, -0.1) is 0 Å². The summed E-state index contributed by atoms with van der Waals surface area (Å²) in [4.78, 5) is 29.5. The summed E-state index contributed by atoms with van der Waals surface area (Å²) in [7, 11) is 0. The van der Waals surface area contributed by atoms with Gasteiger partial charge in [0.2, 0.25) is 5.91 Å². The van der Waals surface area contributed by atoms with Crippen molar-refractivity contribution in [1.29, 1.82) is 0 Å². The number of anilines is 1. The molecule has 7 heteroatoms. The lowest BCUT2D eigenvalue weighted by atomic mass is 9.85. The molecule has 158 valence electrons.